The summed E-state index contributed by atoms with van der Waals surface area (Å²) in [4.78, 5) is 0. The van der Waals surface area contributed by atoms with Gasteiger partial charge in [0.2, 0.25) is 0 Å². The third-order valence-corrected chi connectivity index (χ3v) is 5.45. The zero-order chi connectivity index (χ0) is 14.7. The van der Waals surface area contributed by atoms with Crippen LogP contribution in [-0.2, 0) is 11.3 Å². The van der Waals surface area contributed by atoms with Gasteiger partial charge in [-0.05, 0) is 50.8 Å². The van der Waals surface area contributed by atoms with Crippen molar-refractivity contribution in [1.82, 2.24) is 9.88 Å². The minimum atomic E-state index is 0.246. The molecule has 2 unspecified atom stereocenters. The Kier molecular flexibility index (Phi) is 4.70. The predicted octanol–water partition coefficient (Wildman–Crippen LogP) is 4.04. The monoisotopic (exact) mass is 290 g/mol. The van der Waals surface area contributed by atoms with E-state index in [1.807, 2.05) is 7.05 Å². The van der Waals surface area contributed by atoms with Crippen LogP contribution in [0.2, 0.25) is 0 Å². The Morgan fingerprint density at radius 1 is 1.33 bits per heavy atom. The van der Waals surface area contributed by atoms with Gasteiger partial charge in [-0.25, -0.2) is 0 Å². The first-order valence-corrected chi connectivity index (χ1v) is 8.75. The highest BCUT2D eigenvalue weighted by Crippen LogP contribution is 2.42. The smallest absolute Gasteiger partial charge is 0.0762 e. The lowest BCUT2D eigenvalue weighted by atomic mass is 9.83. The molecule has 1 aromatic rings. The summed E-state index contributed by atoms with van der Waals surface area (Å²) in [7, 11) is 2.04. The number of ether oxygens (including phenoxy) is 1. The fraction of sp³-hybridized carbons (Fsp3) is 0.778. The highest BCUT2D eigenvalue weighted by molar-refractivity contribution is 5.15. The lowest BCUT2D eigenvalue weighted by molar-refractivity contribution is -0.0679. The average Bonchev–Trinajstić information content (AvgIpc) is 3.10. The molecule has 3 nitrogen and oxygen atoms in total. The maximum atomic E-state index is 6.48. The van der Waals surface area contributed by atoms with E-state index in [0.29, 0.717) is 12.1 Å². The van der Waals surface area contributed by atoms with Gasteiger partial charge in [0, 0.05) is 25.0 Å². The van der Waals surface area contributed by atoms with Gasteiger partial charge < -0.3 is 14.6 Å². The molecule has 2 fully saturated rings. The number of nitrogens with one attached hydrogen (secondary N) is 1. The summed E-state index contributed by atoms with van der Waals surface area (Å²) < 4.78 is 8.80. The van der Waals surface area contributed by atoms with Crippen LogP contribution in [-0.4, -0.2) is 23.3 Å². The molecule has 0 amide bonds. The van der Waals surface area contributed by atoms with Crippen molar-refractivity contribution in [3.8, 4) is 0 Å². The first-order chi connectivity index (χ1) is 10.2. The van der Waals surface area contributed by atoms with Crippen molar-refractivity contribution in [2.75, 3.05) is 7.05 Å². The highest BCUT2D eigenvalue weighted by atomic mass is 16.5. The topological polar surface area (TPSA) is 26.2 Å². The van der Waals surface area contributed by atoms with Crippen LogP contribution in [0.4, 0.5) is 0 Å². The van der Waals surface area contributed by atoms with Crippen LogP contribution in [0.5, 0.6) is 0 Å². The van der Waals surface area contributed by atoms with E-state index in [4.69, 9.17) is 4.74 Å². The molecular formula is C18H30N2O. The molecule has 1 saturated heterocycles. The van der Waals surface area contributed by atoms with E-state index in [0.717, 1.165) is 13.0 Å². The maximum Gasteiger partial charge on any atom is 0.0762 e. The van der Waals surface area contributed by atoms with Gasteiger partial charge in [-0.15, -0.1) is 0 Å². The van der Waals surface area contributed by atoms with Crippen molar-refractivity contribution in [3.63, 3.8) is 0 Å². The van der Waals surface area contributed by atoms with E-state index in [2.05, 4.69) is 35.3 Å². The molecule has 0 bridgehead atoms. The Morgan fingerprint density at radius 2 is 2.14 bits per heavy atom. The van der Waals surface area contributed by atoms with Gasteiger partial charge in [0.1, 0.15) is 0 Å². The van der Waals surface area contributed by atoms with Crippen LogP contribution in [0.15, 0.2) is 18.5 Å². The largest absolute Gasteiger partial charge is 0.370 e. The fourth-order valence-electron chi connectivity index (χ4n) is 4.21. The average molecular weight is 290 g/mol. The minimum Gasteiger partial charge on any atom is -0.370 e. The molecule has 3 rings (SSSR count). The lowest BCUT2D eigenvalue weighted by Crippen LogP contribution is -2.32. The summed E-state index contributed by atoms with van der Waals surface area (Å²) in [6.45, 7) is 3.24. The fourth-order valence-corrected chi connectivity index (χ4v) is 4.21. The van der Waals surface area contributed by atoms with Crippen LogP contribution in [0.1, 0.15) is 69.9 Å². The number of rotatable bonds is 5. The summed E-state index contributed by atoms with van der Waals surface area (Å²) in [6, 6.07) is 2.72. The second-order valence-corrected chi connectivity index (χ2v) is 6.91. The number of hydrogen-bond donors (Lipinski definition) is 1. The molecule has 118 valence electrons. The molecule has 2 aliphatic rings. The molecule has 1 N–H and O–H groups in total. The molecule has 3 heteroatoms. The molecule has 0 radical (unpaired) electrons. The predicted molar refractivity (Wildman–Crippen MR) is 86.4 cm³/mol. The first-order valence-electron chi connectivity index (χ1n) is 8.75. The first kappa shape index (κ1) is 15.1. The molecule has 1 spiro atoms. The Hall–Kier alpha value is -0.800. The Bertz CT molecular complexity index is 444. The summed E-state index contributed by atoms with van der Waals surface area (Å²) in [5.41, 5.74) is 1.64. The Labute approximate surface area is 129 Å². The summed E-state index contributed by atoms with van der Waals surface area (Å²) in [6.07, 6.45) is 15.3. The van der Waals surface area contributed by atoms with Crippen molar-refractivity contribution in [2.45, 2.75) is 82.6 Å². The van der Waals surface area contributed by atoms with Gasteiger partial charge in [0.25, 0.3) is 0 Å². The van der Waals surface area contributed by atoms with Crippen LogP contribution >= 0.6 is 0 Å². The van der Waals surface area contributed by atoms with Crippen LogP contribution < -0.4 is 5.32 Å². The standard InChI is InChI=1S/C18H30N2O/c1-3-17(19-2)15-8-12-20(13-15)14-16-7-11-18(21-16)9-5-4-6-10-18/h8,12-13,16-17,19H,3-7,9-11,14H2,1-2H3. The van der Waals surface area contributed by atoms with Gasteiger partial charge in [-0.1, -0.05) is 26.2 Å². The Morgan fingerprint density at radius 3 is 2.86 bits per heavy atom. The van der Waals surface area contributed by atoms with E-state index in [1.165, 1.54) is 50.5 Å². The normalized spacial score (nSPS) is 26.3. The molecular weight excluding hydrogens is 260 g/mol. The van der Waals surface area contributed by atoms with Gasteiger partial charge in [-0.3, -0.25) is 0 Å². The van der Waals surface area contributed by atoms with Crippen LogP contribution in [0, 0.1) is 0 Å². The second-order valence-electron chi connectivity index (χ2n) is 6.91. The zero-order valence-electron chi connectivity index (χ0n) is 13.6. The lowest BCUT2D eigenvalue weighted by Gasteiger charge is -2.33. The second kappa shape index (κ2) is 6.53. The van der Waals surface area contributed by atoms with E-state index in [9.17, 15) is 0 Å². The van der Waals surface area contributed by atoms with E-state index >= 15 is 0 Å². The molecule has 2 heterocycles. The SMILES string of the molecule is CCC(NC)c1ccn(CC2CCC3(CCCCC3)O2)c1. The summed E-state index contributed by atoms with van der Waals surface area (Å²) in [5, 5.41) is 3.38. The quantitative estimate of drug-likeness (QED) is 0.885. The third-order valence-electron chi connectivity index (χ3n) is 5.45. The molecule has 1 aromatic heterocycles. The maximum absolute atomic E-state index is 6.48. The van der Waals surface area contributed by atoms with Crippen molar-refractivity contribution < 1.29 is 4.74 Å². The van der Waals surface area contributed by atoms with Gasteiger partial charge >= 0.3 is 0 Å². The molecule has 2 atom stereocenters. The van der Waals surface area contributed by atoms with Gasteiger partial charge in [0.15, 0.2) is 0 Å². The van der Waals surface area contributed by atoms with E-state index in [-0.39, 0.29) is 5.60 Å². The van der Waals surface area contributed by atoms with Gasteiger partial charge in [0.05, 0.1) is 11.7 Å². The number of hydrogen-bond acceptors (Lipinski definition) is 2. The molecule has 1 aliphatic carbocycles. The molecule has 0 aromatic carbocycles. The van der Waals surface area contributed by atoms with Crippen molar-refractivity contribution in [2.24, 2.45) is 0 Å². The Balaban J connectivity index is 1.58. The minimum absolute atomic E-state index is 0.246. The summed E-state index contributed by atoms with van der Waals surface area (Å²) in [5.74, 6) is 0. The molecule has 1 saturated carbocycles. The van der Waals surface area contributed by atoms with E-state index < -0.39 is 0 Å². The van der Waals surface area contributed by atoms with Crippen molar-refractivity contribution >= 4 is 0 Å². The van der Waals surface area contributed by atoms with E-state index in [1.54, 1.807) is 0 Å². The van der Waals surface area contributed by atoms with Crippen molar-refractivity contribution in [1.29, 1.82) is 0 Å². The van der Waals surface area contributed by atoms with Crippen molar-refractivity contribution in [3.05, 3.63) is 24.0 Å². The number of nitrogens with zero attached hydrogens (tertiary/aromatic N) is 1. The molecule has 21 heavy (non-hydrogen) atoms. The zero-order valence-corrected chi connectivity index (χ0v) is 13.6. The van der Waals surface area contributed by atoms with Crippen LogP contribution in [0.3, 0.4) is 0 Å². The summed E-state index contributed by atoms with van der Waals surface area (Å²) >= 11 is 0. The number of aromatic nitrogens is 1. The molecule has 1 aliphatic heterocycles. The third kappa shape index (κ3) is 3.35. The highest BCUT2D eigenvalue weighted by Gasteiger charge is 2.40. The van der Waals surface area contributed by atoms with Crippen LogP contribution in [0.25, 0.3) is 0 Å². The van der Waals surface area contributed by atoms with Gasteiger partial charge in [-0.2, -0.15) is 0 Å².